The summed E-state index contributed by atoms with van der Waals surface area (Å²) in [6.45, 7) is 0. The zero-order valence-corrected chi connectivity index (χ0v) is 12.1. The van der Waals surface area contributed by atoms with Crippen molar-refractivity contribution in [1.29, 1.82) is 0 Å². The summed E-state index contributed by atoms with van der Waals surface area (Å²) in [4.78, 5) is 26.5. The number of aromatic nitrogens is 1. The monoisotopic (exact) mass is 303 g/mol. The first-order valence-corrected chi connectivity index (χ1v) is 7.08. The van der Waals surface area contributed by atoms with Crippen molar-refractivity contribution in [3.63, 3.8) is 0 Å². The number of esters is 1. The minimum absolute atomic E-state index is 0.204. The number of rotatable bonds is 5. The zero-order chi connectivity index (χ0) is 15.2. The smallest absolute Gasteiger partial charge is 0.337 e. The van der Waals surface area contributed by atoms with Crippen molar-refractivity contribution in [2.45, 2.75) is 10.8 Å². The van der Waals surface area contributed by atoms with Crippen LogP contribution in [-0.4, -0.2) is 29.1 Å². The van der Waals surface area contributed by atoms with E-state index in [1.165, 1.54) is 37.2 Å². The highest BCUT2D eigenvalue weighted by Crippen LogP contribution is 2.22. The maximum absolute atomic E-state index is 11.5. The highest BCUT2D eigenvalue weighted by Gasteiger charge is 2.07. The summed E-state index contributed by atoms with van der Waals surface area (Å²) in [6, 6.07) is 10.1. The molecule has 0 radical (unpaired) electrons. The summed E-state index contributed by atoms with van der Waals surface area (Å²) < 4.78 is 4.67. The number of hydrogen-bond acceptors (Lipinski definition) is 5. The van der Waals surface area contributed by atoms with Crippen molar-refractivity contribution in [2.75, 3.05) is 7.11 Å². The Bertz CT molecular complexity index is 672. The minimum atomic E-state index is -0.980. The van der Waals surface area contributed by atoms with Gasteiger partial charge in [-0.15, -0.1) is 11.8 Å². The van der Waals surface area contributed by atoms with Crippen molar-refractivity contribution in [3.05, 3.63) is 59.3 Å². The highest BCUT2D eigenvalue weighted by molar-refractivity contribution is 7.98. The first kappa shape index (κ1) is 15.1. The van der Waals surface area contributed by atoms with Gasteiger partial charge in [0.15, 0.2) is 0 Å². The van der Waals surface area contributed by atoms with Gasteiger partial charge in [-0.25, -0.2) is 14.6 Å². The van der Waals surface area contributed by atoms with E-state index < -0.39 is 5.97 Å². The molecule has 0 spiro atoms. The Morgan fingerprint density at radius 3 is 2.76 bits per heavy atom. The van der Waals surface area contributed by atoms with Crippen LogP contribution in [0.15, 0.2) is 47.6 Å². The lowest BCUT2D eigenvalue weighted by Gasteiger charge is -2.04. The molecule has 0 unspecified atom stereocenters. The number of pyridine rings is 1. The fourth-order valence-corrected chi connectivity index (χ4v) is 2.52. The summed E-state index contributed by atoms with van der Waals surface area (Å²) >= 11 is 1.41. The molecule has 0 atom stereocenters. The van der Waals surface area contributed by atoms with Crippen LogP contribution in [0.1, 0.15) is 26.3 Å². The molecule has 0 aliphatic carbocycles. The quantitative estimate of drug-likeness (QED) is 0.676. The van der Waals surface area contributed by atoms with Crippen LogP contribution in [-0.2, 0) is 10.5 Å². The molecular formula is C15H13NO4S. The first-order chi connectivity index (χ1) is 10.1. The molecule has 1 heterocycles. The second-order valence-electron chi connectivity index (χ2n) is 4.17. The molecule has 0 amide bonds. The van der Waals surface area contributed by atoms with E-state index in [4.69, 9.17) is 5.11 Å². The average molecular weight is 303 g/mol. The number of ether oxygens (including phenoxy) is 1. The second-order valence-corrected chi connectivity index (χ2v) is 5.16. The predicted octanol–water partition coefficient (Wildman–Crippen LogP) is 2.86. The van der Waals surface area contributed by atoms with Crippen molar-refractivity contribution in [3.8, 4) is 0 Å². The SMILES string of the molecule is COC(=O)c1cccc(CSc2cc(C(=O)O)ccn2)c1. The Morgan fingerprint density at radius 2 is 2.05 bits per heavy atom. The number of aromatic carboxylic acids is 1. The Kier molecular flexibility index (Phi) is 4.94. The molecule has 2 rings (SSSR count). The molecular weight excluding hydrogens is 290 g/mol. The van der Waals surface area contributed by atoms with Gasteiger partial charge in [0.05, 0.1) is 23.3 Å². The fourth-order valence-electron chi connectivity index (χ4n) is 1.68. The van der Waals surface area contributed by atoms with E-state index >= 15 is 0 Å². The number of benzene rings is 1. The van der Waals surface area contributed by atoms with E-state index in [9.17, 15) is 9.59 Å². The van der Waals surface area contributed by atoms with E-state index in [2.05, 4.69) is 9.72 Å². The summed E-state index contributed by atoms with van der Waals surface area (Å²) in [7, 11) is 1.34. The van der Waals surface area contributed by atoms with Gasteiger partial charge in [0, 0.05) is 11.9 Å². The van der Waals surface area contributed by atoms with Crippen LogP contribution in [0.3, 0.4) is 0 Å². The summed E-state index contributed by atoms with van der Waals surface area (Å²) in [5.74, 6) is -0.777. The molecule has 0 saturated carbocycles. The Morgan fingerprint density at radius 1 is 1.24 bits per heavy atom. The Balaban J connectivity index is 2.08. The van der Waals surface area contributed by atoms with Crippen LogP contribution in [0.4, 0.5) is 0 Å². The standard InChI is InChI=1S/C15H13NO4S/c1-20-15(19)12-4-2-3-10(7-12)9-21-13-8-11(14(17)18)5-6-16-13/h2-8H,9H2,1H3,(H,17,18). The minimum Gasteiger partial charge on any atom is -0.478 e. The summed E-state index contributed by atoms with van der Waals surface area (Å²) in [5.41, 5.74) is 1.63. The fraction of sp³-hybridized carbons (Fsp3) is 0.133. The lowest BCUT2D eigenvalue weighted by molar-refractivity contribution is 0.0599. The van der Waals surface area contributed by atoms with Gasteiger partial charge in [-0.3, -0.25) is 0 Å². The maximum Gasteiger partial charge on any atom is 0.337 e. The number of carbonyl (C=O) groups excluding carboxylic acids is 1. The number of methoxy groups -OCH3 is 1. The van der Waals surface area contributed by atoms with Crippen molar-refractivity contribution >= 4 is 23.7 Å². The van der Waals surface area contributed by atoms with Crippen LogP contribution >= 0.6 is 11.8 Å². The lowest BCUT2D eigenvalue weighted by atomic mass is 10.1. The first-order valence-electron chi connectivity index (χ1n) is 6.09. The summed E-state index contributed by atoms with van der Waals surface area (Å²) in [6.07, 6.45) is 1.47. The van der Waals surface area contributed by atoms with E-state index in [0.717, 1.165) is 5.56 Å². The number of carbonyl (C=O) groups is 2. The third kappa shape index (κ3) is 4.06. The van der Waals surface area contributed by atoms with Crippen molar-refractivity contribution < 1.29 is 19.4 Å². The maximum atomic E-state index is 11.5. The zero-order valence-electron chi connectivity index (χ0n) is 11.3. The van der Waals surface area contributed by atoms with Crippen molar-refractivity contribution in [2.24, 2.45) is 0 Å². The molecule has 2 aromatic rings. The van der Waals surface area contributed by atoms with Crippen LogP contribution < -0.4 is 0 Å². The topological polar surface area (TPSA) is 76.5 Å². The molecule has 108 valence electrons. The van der Waals surface area contributed by atoms with E-state index in [1.54, 1.807) is 18.2 Å². The van der Waals surface area contributed by atoms with Crippen LogP contribution in [0.2, 0.25) is 0 Å². The number of thioether (sulfide) groups is 1. The highest BCUT2D eigenvalue weighted by atomic mass is 32.2. The van der Waals surface area contributed by atoms with E-state index in [-0.39, 0.29) is 11.5 Å². The van der Waals surface area contributed by atoms with Gasteiger partial charge in [-0.05, 0) is 29.8 Å². The largest absolute Gasteiger partial charge is 0.478 e. The molecule has 0 aliphatic heterocycles. The van der Waals surface area contributed by atoms with Gasteiger partial charge >= 0.3 is 11.9 Å². The Hall–Kier alpha value is -2.34. The molecule has 1 aromatic carbocycles. The second kappa shape index (κ2) is 6.90. The molecule has 0 saturated heterocycles. The van der Waals surface area contributed by atoms with Gasteiger partial charge in [-0.2, -0.15) is 0 Å². The van der Waals surface area contributed by atoms with Gasteiger partial charge in [0.2, 0.25) is 0 Å². The predicted molar refractivity (Wildman–Crippen MR) is 78.5 cm³/mol. The molecule has 0 bridgehead atoms. The molecule has 6 heteroatoms. The molecule has 0 aliphatic rings. The number of nitrogens with zero attached hydrogens (tertiary/aromatic N) is 1. The number of carboxylic acid groups (broad SMARTS) is 1. The molecule has 21 heavy (non-hydrogen) atoms. The Labute approximate surface area is 126 Å². The van der Waals surface area contributed by atoms with Gasteiger partial charge < -0.3 is 9.84 Å². The average Bonchev–Trinajstić information content (AvgIpc) is 2.52. The van der Waals surface area contributed by atoms with Crippen LogP contribution in [0, 0.1) is 0 Å². The van der Waals surface area contributed by atoms with Crippen molar-refractivity contribution in [1.82, 2.24) is 4.98 Å². The molecule has 5 nitrogen and oxygen atoms in total. The van der Waals surface area contributed by atoms with E-state index in [1.807, 2.05) is 6.07 Å². The van der Waals surface area contributed by atoms with Crippen LogP contribution in [0.25, 0.3) is 0 Å². The molecule has 0 fully saturated rings. The van der Waals surface area contributed by atoms with Crippen LogP contribution in [0.5, 0.6) is 0 Å². The molecule has 1 aromatic heterocycles. The van der Waals surface area contributed by atoms with Gasteiger partial charge in [-0.1, -0.05) is 12.1 Å². The number of carboxylic acids is 1. The third-order valence-corrected chi connectivity index (χ3v) is 3.71. The number of hydrogen-bond donors (Lipinski definition) is 1. The van der Waals surface area contributed by atoms with E-state index in [0.29, 0.717) is 16.3 Å². The normalized spacial score (nSPS) is 10.1. The third-order valence-electron chi connectivity index (χ3n) is 2.72. The van der Waals surface area contributed by atoms with Gasteiger partial charge in [0.1, 0.15) is 0 Å². The molecule has 1 N–H and O–H groups in total. The lowest BCUT2D eigenvalue weighted by Crippen LogP contribution is -2.01. The van der Waals surface area contributed by atoms with Gasteiger partial charge in [0.25, 0.3) is 0 Å². The summed E-state index contributed by atoms with van der Waals surface area (Å²) in [5, 5.41) is 9.55.